The molecule has 8 aliphatic rings. The van der Waals surface area contributed by atoms with Gasteiger partial charge in [0.05, 0.1) is 43.2 Å². The van der Waals surface area contributed by atoms with Gasteiger partial charge in [-0.25, -0.2) is 4.79 Å². The maximum Gasteiger partial charge on any atom is 0.410 e. The molecule has 3 N–H and O–H groups in total. The second-order valence-corrected chi connectivity index (χ2v) is 22.4. The minimum absolute atomic E-state index is 0.0316. The van der Waals surface area contributed by atoms with E-state index < -0.39 is 35.8 Å². The number of aliphatic hydroxyl groups excluding tert-OH is 2. The van der Waals surface area contributed by atoms with Crippen LogP contribution in [0, 0.1) is 56.7 Å². The monoisotopic (exact) mass is 773 g/mol. The molecule has 11 heteroatoms. The van der Waals surface area contributed by atoms with E-state index in [1.807, 2.05) is 25.7 Å². The Morgan fingerprint density at radius 1 is 0.927 bits per heavy atom. The quantitative estimate of drug-likeness (QED) is 0.308. The molecule has 5 unspecified atom stereocenters. The number of hydrogen-bond acceptors (Lipinski definition) is 9. The number of aliphatic hydroxyl groups is 3. The Kier molecular flexibility index (Phi) is 9.52. The van der Waals surface area contributed by atoms with Gasteiger partial charge in [-0.15, -0.1) is 0 Å². The summed E-state index contributed by atoms with van der Waals surface area (Å²) in [6, 6.07) is 0. The summed E-state index contributed by atoms with van der Waals surface area (Å²) in [5.74, 6) is 1.65. The van der Waals surface area contributed by atoms with Gasteiger partial charge in [-0.2, -0.15) is 0 Å². The van der Waals surface area contributed by atoms with Crippen LogP contribution in [0.5, 0.6) is 0 Å². The number of morpholine rings is 1. The molecule has 5 saturated carbocycles. The van der Waals surface area contributed by atoms with Gasteiger partial charge in [0.25, 0.3) is 0 Å². The first-order chi connectivity index (χ1) is 25.5. The Balaban J connectivity index is 0.915. The summed E-state index contributed by atoms with van der Waals surface area (Å²) >= 11 is 0. The lowest BCUT2D eigenvalue weighted by Gasteiger charge is -2.64. The van der Waals surface area contributed by atoms with Gasteiger partial charge >= 0.3 is 6.09 Å². The van der Waals surface area contributed by atoms with Crippen LogP contribution < -0.4 is 0 Å². The summed E-state index contributed by atoms with van der Waals surface area (Å²) in [5, 5.41) is 34.3. The summed E-state index contributed by atoms with van der Waals surface area (Å²) in [4.78, 5) is 29.4. The fourth-order valence-electron chi connectivity index (χ4n) is 14.9. The van der Waals surface area contributed by atoms with Crippen molar-refractivity contribution in [3.8, 4) is 0 Å². The Hall–Kier alpha value is -1.50. The number of likely N-dealkylation sites (tertiary alicyclic amines) is 1. The number of ether oxygens (including phenoxy) is 4. The lowest BCUT2D eigenvalue weighted by Crippen LogP contribution is -2.60. The summed E-state index contributed by atoms with van der Waals surface area (Å²) in [7, 11) is 0. The van der Waals surface area contributed by atoms with E-state index in [0.29, 0.717) is 57.5 Å². The van der Waals surface area contributed by atoms with Crippen LogP contribution in [-0.2, 0) is 23.7 Å². The van der Waals surface area contributed by atoms with Crippen molar-refractivity contribution in [2.45, 2.75) is 175 Å². The molecule has 11 nitrogen and oxygen atoms in total. The summed E-state index contributed by atoms with van der Waals surface area (Å²) in [6.07, 6.45) is 5.70. The van der Waals surface area contributed by atoms with E-state index in [0.717, 1.165) is 32.1 Å². The molecule has 312 valence electrons. The van der Waals surface area contributed by atoms with Crippen LogP contribution in [0.3, 0.4) is 0 Å². The van der Waals surface area contributed by atoms with Gasteiger partial charge < -0.3 is 44.1 Å². The highest BCUT2D eigenvalue weighted by Crippen LogP contribution is 2.89. The molecule has 2 spiro atoms. The number of amides is 2. The predicted molar refractivity (Wildman–Crippen MR) is 206 cm³/mol. The number of carbonyl (C=O) groups excluding carboxylic acids is 2. The highest BCUT2D eigenvalue weighted by molar-refractivity contribution is 5.77. The minimum atomic E-state index is -1.27. The zero-order chi connectivity index (χ0) is 39.9. The zero-order valence-electron chi connectivity index (χ0n) is 35.4. The smallest absolute Gasteiger partial charge is 0.410 e. The highest BCUT2D eigenvalue weighted by Gasteiger charge is 2.84. The molecular weight excluding hydrogens is 700 g/mol. The lowest BCUT2D eigenvalue weighted by atomic mass is 9.41. The summed E-state index contributed by atoms with van der Waals surface area (Å²) < 4.78 is 25.2. The molecule has 3 heterocycles. The largest absolute Gasteiger partial charge is 0.444 e. The summed E-state index contributed by atoms with van der Waals surface area (Å²) in [6.45, 7) is 23.3. The van der Waals surface area contributed by atoms with E-state index in [-0.39, 0.29) is 69.0 Å². The van der Waals surface area contributed by atoms with Crippen LogP contribution in [0.2, 0.25) is 0 Å². The van der Waals surface area contributed by atoms with Crippen molar-refractivity contribution in [2.75, 3.05) is 32.8 Å². The number of rotatable bonds is 6. The van der Waals surface area contributed by atoms with Gasteiger partial charge in [0.15, 0.2) is 6.29 Å². The van der Waals surface area contributed by atoms with Crippen molar-refractivity contribution in [2.24, 2.45) is 56.7 Å². The van der Waals surface area contributed by atoms with Gasteiger partial charge in [0.1, 0.15) is 11.7 Å². The fraction of sp³-hybridized carbons (Fsp3) is 0.955. The molecule has 0 radical (unpaired) electrons. The maximum atomic E-state index is 13.4. The molecule has 0 bridgehead atoms. The van der Waals surface area contributed by atoms with Crippen LogP contribution in [0.15, 0.2) is 0 Å². The molecule has 2 amide bonds. The second-order valence-electron chi connectivity index (χ2n) is 22.4. The number of hydrogen-bond donors (Lipinski definition) is 3. The Morgan fingerprint density at radius 3 is 2.27 bits per heavy atom. The molecule has 14 atom stereocenters. The van der Waals surface area contributed by atoms with Gasteiger partial charge in [-0.3, -0.25) is 4.79 Å². The first-order valence-corrected chi connectivity index (χ1v) is 21.8. The normalized spacial score (nSPS) is 47.0. The third-order valence-electron chi connectivity index (χ3n) is 17.6. The Morgan fingerprint density at radius 2 is 1.60 bits per heavy atom. The zero-order valence-corrected chi connectivity index (χ0v) is 35.4. The molecule has 8 fully saturated rings. The predicted octanol–water partition coefficient (Wildman–Crippen LogP) is 5.76. The van der Waals surface area contributed by atoms with E-state index >= 15 is 0 Å². The number of fused-ring (bicyclic) bond motifs is 4. The van der Waals surface area contributed by atoms with E-state index in [1.165, 1.54) is 12.8 Å². The molecule has 0 aromatic rings. The first kappa shape index (κ1) is 40.3. The van der Waals surface area contributed by atoms with Crippen molar-refractivity contribution in [1.82, 2.24) is 9.80 Å². The number of nitrogens with zero attached hydrogens (tertiary/aromatic N) is 2. The molecule has 5 aliphatic carbocycles. The van der Waals surface area contributed by atoms with Crippen molar-refractivity contribution < 1.29 is 43.9 Å². The van der Waals surface area contributed by atoms with Crippen LogP contribution in [0.25, 0.3) is 0 Å². The van der Waals surface area contributed by atoms with E-state index in [9.17, 15) is 24.9 Å². The van der Waals surface area contributed by atoms with Crippen LogP contribution in [0.4, 0.5) is 4.79 Å². The van der Waals surface area contributed by atoms with Crippen LogP contribution >= 0.6 is 0 Å². The third-order valence-corrected chi connectivity index (χ3v) is 17.6. The SMILES string of the molecule is C[C@@H]1CC([C@H](O)C(C)(C)O)OC2C1[C@@]1(C)CCC34C[C@@]35CC[C@H](OC3CN(C(=O)CC6CN(C(=O)OC(C)(C)C)C6)CCO3)C(C)(C)[C@@H]5CC[C@H]4[C@]1(C)[C@H]2O. The van der Waals surface area contributed by atoms with Crippen molar-refractivity contribution in [3.63, 3.8) is 0 Å². The second kappa shape index (κ2) is 13.0. The molecule has 0 aromatic carbocycles. The van der Waals surface area contributed by atoms with Crippen LogP contribution in [-0.4, -0.2) is 118 Å². The lowest BCUT2D eigenvalue weighted by molar-refractivity contribution is -0.248. The molecule has 55 heavy (non-hydrogen) atoms. The molecular formula is C44H72N2O9. The number of carbonyl (C=O) groups is 2. The van der Waals surface area contributed by atoms with E-state index in [1.54, 1.807) is 18.7 Å². The van der Waals surface area contributed by atoms with Crippen molar-refractivity contribution in [1.29, 1.82) is 0 Å². The van der Waals surface area contributed by atoms with Gasteiger partial charge in [-0.1, -0.05) is 34.6 Å². The minimum Gasteiger partial charge on any atom is -0.444 e. The van der Waals surface area contributed by atoms with Gasteiger partial charge in [0.2, 0.25) is 5.91 Å². The Bertz CT molecular complexity index is 1520. The first-order valence-electron chi connectivity index (χ1n) is 21.8. The average molecular weight is 773 g/mol. The van der Waals surface area contributed by atoms with E-state index in [2.05, 4.69) is 34.6 Å². The van der Waals surface area contributed by atoms with Crippen molar-refractivity contribution in [3.05, 3.63) is 0 Å². The highest BCUT2D eigenvalue weighted by atomic mass is 16.7. The van der Waals surface area contributed by atoms with Gasteiger partial charge in [0, 0.05) is 37.4 Å². The molecule has 0 aromatic heterocycles. The molecule has 3 aliphatic heterocycles. The molecule has 3 saturated heterocycles. The topological polar surface area (TPSA) is 138 Å². The van der Waals surface area contributed by atoms with Crippen molar-refractivity contribution >= 4 is 12.0 Å². The van der Waals surface area contributed by atoms with Gasteiger partial charge in [-0.05, 0) is 131 Å². The maximum absolute atomic E-state index is 13.4. The standard InChI is InChI=1S/C44H72N2O9/c1-25-19-27(35(48)40(7,8)51)53-34-33(25)41(9)15-16-44-24-43(44)14-13-30(39(5,6)28(43)11-12-29(44)42(41,10)36(34)49)54-32-23-45(17-18-52-32)31(47)20-26-21-46(22-26)37(50)55-38(2,3)4/h25-30,32-36,48-49,51H,11-24H2,1-10H3/t25-,27?,28+,29+,30+,32?,33?,34?,35+,36+,41-,42-,43-,44?/m1/s1. The average Bonchev–Trinajstić information content (AvgIpc) is 3.70. The molecule has 8 rings (SSSR count). The van der Waals surface area contributed by atoms with Crippen LogP contribution in [0.1, 0.15) is 127 Å². The fourth-order valence-corrected chi connectivity index (χ4v) is 14.9. The Labute approximate surface area is 329 Å². The summed E-state index contributed by atoms with van der Waals surface area (Å²) in [5.41, 5.74) is -1.79. The van der Waals surface area contributed by atoms with E-state index in [4.69, 9.17) is 18.9 Å². The third kappa shape index (κ3) is 5.99.